The number of nitrogens with zero attached hydrogens (tertiary/aromatic N) is 1. The molecule has 11 aromatic rings. The van der Waals surface area contributed by atoms with Crippen molar-refractivity contribution in [3.8, 4) is 22.3 Å². The van der Waals surface area contributed by atoms with Gasteiger partial charge in [-0.1, -0.05) is 146 Å². The number of anilines is 3. The van der Waals surface area contributed by atoms with E-state index in [4.69, 9.17) is 4.42 Å². The van der Waals surface area contributed by atoms with E-state index in [9.17, 15) is 0 Å². The first-order valence-corrected chi connectivity index (χ1v) is 18.8. The average molecular weight is 694 g/mol. The van der Waals surface area contributed by atoms with Crippen LogP contribution in [0.15, 0.2) is 192 Å². The van der Waals surface area contributed by atoms with E-state index in [1.807, 2.05) is 23.5 Å². The summed E-state index contributed by atoms with van der Waals surface area (Å²) >= 11 is 1.88. The van der Waals surface area contributed by atoms with Crippen molar-refractivity contribution in [2.75, 3.05) is 4.90 Å². The van der Waals surface area contributed by atoms with Crippen LogP contribution in [0, 0.1) is 0 Å². The van der Waals surface area contributed by atoms with Gasteiger partial charge in [0.15, 0.2) is 0 Å². The molecule has 2 aromatic heterocycles. The van der Waals surface area contributed by atoms with Crippen molar-refractivity contribution in [2.24, 2.45) is 0 Å². The van der Waals surface area contributed by atoms with Gasteiger partial charge in [0.1, 0.15) is 11.2 Å². The van der Waals surface area contributed by atoms with Crippen molar-refractivity contribution in [1.82, 2.24) is 0 Å². The van der Waals surface area contributed by atoms with Crippen molar-refractivity contribution in [3.05, 3.63) is 188 Å². The van der Waals surface area contributed by atoms with Gasteiger partial charge in [0.25, 0.3) is 0 Å². The molecule has 11 rings (SSSR count). The first kappa shape index (κ1) is 30.0. The maximum Gasteiger partial charge on any atom is 0.135 e. The highest BCUT2D eigenvalue weighted by Crippen LogP contribution is 2.51. The summed E-state index contributed by atoms with van der Waals surface area (Å²) in [6, 6.07) is 68.2. The quantitative estimate of drug-likeness (QED) is 0.167. The molecule has 9 aromatic carbocycles. The highest BCUT2D eigenvalue weighted by molar-refractivity contribution is 7.26. The van der Waals surface area contributed by atoms with Crippen molar-refractivity contribution in [1.29, 1.82) is 0 Å². The van der Waals surface area contributed by atoms with Crippen LogP contribution in [-0.4, -0.2) is 0 Å². The van der Waals surface area contributed by atoms with Crippen LogP contribution >= 0.6 is 11.3 Å². The highest BCUT2D eigenvalue weighted by atomic mass is 32.1. The molecular formula is C50H31NOS. The summed E-state index contributed by atoms with van der Waals surface area (Å²) in [7, 11) is 0. The zero-order chi connectivity index (χ0) is 34.9. The SMILES string of the molecule is c1ccc(-c2ccc3c(sc4ccccc43)c2N(c2ccc(-c3ccc4oc5ccccc5c4c3)cc2)c2cc3ccccc3c3ccccc23)cc1. The van der Waals surface area contributed by atoms with Gasteiger partial charge in [0.05, 0.1) is 16.1 Å². The number of rotatable bonds is 5. The molecule has 0 unspecified atom stereocenters. The third kappa shape index (κ3) is 4.78. The molecule has 0 fully saturated rings. The van der Waals surface area contributed by atoms with Gasteiger partial charge in [0.2, 0.25) is 0 Å². The minimum absolute atomic E-state index is 0.908. The van der Waals surface area contributed by atoms with E-state index in [0.717, 1.165) is 44.4 Å². The Morgan fingerprint density at radius 3 is 1.91 bits per heavy atom. The molecule has 0 radical (unpaired) electrons. The number of fused-ring (bicyclic) bond motifs is 9. The number of hydrogen-bond donors (Lipinski definition) is 0. The normalized spacial score (nSPS) is 11.8. The number of para-hydroxylation sites is 1. The summed E-state index contributed by atoms with van der Waals surface area (Å²) in [5.74, 6) is 0. The Labute approximate surface area is 310 Å². The summed E-state index contributed by atoms with van der Waals surface area (Å²) in [6.45, 7) is 0. The van der Waals surface area contributed by atoms with Crippen molar-refractivity contribution in [3.63, 3.8) is 0 Å². The number of furan rings is 1. The fourth-order valence-corrected chi connectivity index (χ4v) is 9.40. The zero-order valence-corrected chi connectivity index (χ0v) is 29.5. The lowest BCUT2D eigenvalue weighted by molar-refractivity contribution is 0.669. The highest BCUT2D eigenvalue weighted by Gasteiger charge is 2.25. The van der Waals surface area contributed by atoms with E-state index in [0.29, 0.717) is 0 Å². The molecule has 53 heavy (non-hydrogen) atoms. The van der Waals surface area contributed by atoms with E-state index in [1.54, 1.807) is 0 Å². The fraction of sp³-hybridized carbons (Fsp3) is 0. The largest absolute Gasteiger partial charge is 0.456 e. The van der Waals surface area contributed by atoms with Crippen LogP contribution in [0.2, 0.25) is 0 Å². The number of benzene rings is 9. The van der Waals surface area contributed by atoms with Crippen LogP contribution in [0.25, 0.3) is 85.9 Å². The molecule has 0 N–H and O–H groups in total. The van der Waals surface area contributed by atoms with E-state index >= 15 is 0 Å². The Kier molecular flexibility index (Phi) is 6.76. The molecule has 0 bridgehead atoms. The predicted molar refractivity (Wildman–Crippen MR) is 227 cm³/mol. The van der Waals surface area contributed by atoms with E-state index in [1.165, 1.54) is 58.5 Å². The van der Waals surface area contributed by atoms with Crippen molar-refractivity contribution < 1.29 is 4.42 Å². The molecule has 248 valence electrons. The minimum Gasteiger partial charge on any atom is -0.456 e. The molecule has 0 saturated carbocycles. The van der Waals surface area contributed by atoms with Gasteiger partial charge in [-0.25, -0.2) is 0 Å². The summed E-state index contributed by atoms with van der Waals surface area (Å²) in [5, 5.41) is 9.76. The molecule has 0 aliphatic rings. The lowest BCUT2D eigenvalue weighted by Crippen LogP contribution is -2.12. The number of hydrogen-bond acceptors (Lipinski definition) is 3. The lowest BCUT2D eigenvalue weighted by atomic mass is 9.96. The van der Waals surface area contributed by atoms with Gasteiger partial charge in [-0.2, -0.15) is 0 Å². The molecule has 0 saturated heterocycles. The Bertz CT molecular complexity index is 3170. The van der Waals surface area contributed by atoms with Gasteiger partial charge in [0, 0.05) is 42.9 Å². The summed E-state index contributed by atoms with van der Waals surface area (Å²) in [6.07, 6.45) is 0. The topological polar surface area (TPSA) is 16.4 Å². The summed E-state index contributed by atoms with van der Waals surface area (Å²) < 4.78 is 8.71. The third-order valence-electron chi connectivity index (χ3n) is 10.7. The second-order valence-electron chi connectivity index (χ2n) is 13.7. The van der Waals surface area contributed by atoms with Gasteiger partial charge in [-0.3, -0.25) is 0 Å². The maximum atomic E-state index is 6.16. The van der Waals surface area contributed by atoms with Crippen molar-refractivity contribution in [2.45, 2.75) is 0 Å². The first-order valence-electron chi connectivity index (χ1n) is 18.0. The van der Waals surface area contributed by atoms with Crippen LogP contribution in [0.4, 0.5) is 17.1 Å². The Morgan fingerprint density at radius 1 is 0.396 bits per heavy atom. The van der Waals surface area contributed by atoms with Crippen molar-refractivity contribution >= 4 is 92.1 Å². The lowest BCUT2D eigenvalue weighted by Gasteiger charge is -2.30. The molecular weight excluding hydrogens is 663 g/mol. The maximum absolute atomic E-state index is 6.16. The van der Waals surface area contributed by atoms with E-state index in [2.05, 4.69) is 181 Å². The molecule has 2 heterocycles. The van der Waals surface area contributed by atoms with Gasteiger partial charge < -0.3 is 9.32 Å². The monoisotopic (exact) mass is 693 g/mol. The second kappa shape index (κ2) is 11.9. The first-order chi connectivity index (χ1) is 26.3. The van der Waals surface area contributed by atoms with Crippen LogP contribution in [0.5, 0.6) is 0 Å². The van der Waals surface area contributed by atoms with Gasteiger partial charge >= 0.3 is 0 Å². The van der Waals surface area contributed by atoms with Gasteiger partial charge in [-0.15, -0.1) is 11.3 Å². The molecule has 0 aliphatic heterocycles. The van der Waals surface area contributed by atoms with Crippen LogP contribution in [0.1, 0.15) is 0 Å². The van der Waals surface area contributed by atoms with Crippen LogP contribution in [0.3, 0.4) is 0 Å². The molecule has 2 nitrogen and oxygen atoms in total. The van der Waals surface area contributed by atoms with Crippen LogP contribution < -0.4 is 4.90 Å². The van der Waals surface area contributed by atoms with E-state index < -0.39 is 0 Å². The number of thiophene rings is 1. The average Bonchev–Trinajstić information content (AvgIpc) is 3.80. The summed E-state index contributed by atoms with van der Waals surface area (Å²) in [5.41, 5.74) is 9.98. The summed E-state index contributed by atoms with van der Waals surface area (Å²) in [4.78, 5) is 2.52. The van der Waals surface area contributed by atoms with Gasteiger partial charge in [-0.05, 0) is 75.3 Å². The Balaban J connectivity index is 1.20. The fourth-order valence-electron chi connectivity index (χ4n) is 8.16. The molecule has 0 amide bonds. The Morgan fingerprint density at radius 2 is 1.06 bits per heavy atom. The molecule has 0 spiro atoms. The molecule has 0 atom stereocenters. The predicted octanol–water partition coefficient (Wildman–Crippen LogP) is 15.1. The third-order valence-corrected chi connectivity index (χ3v) is 11.8. The standard InChI is InChI=1S/C50H31NOS/c1-2-12-33(13-3-1)38-27-28-43-42-19-9-11-21-48(42)53-50(43)49(38)51(45-31-35-14-4-5-15-37(35)39-16-6-7-17-40(39)45)36-25-22-32(23-26-36)34-24-29-47-44(30-34)41-18-8-10-20-46(41)52-47/h1-31H. The smallest absolute Gasteiger partial charge is 0.135 e. The second-order valence-corrected chi connectivity index (χ2v) is 14.7. The molecule has 0 aliphatic carbocycles. The zero-order valence-electron chi connectivity index (χ0n) is 28.7. The Hall–Kier alpha value is -6.68. The molecule has 3 heteroatoms. The van der Waals surface area contributed by atoms with E-state index in [-0.39, 0.29) is 0 Å². The minimum atomic E-state index is 0.908. The van der Waals surface area contributed by atoms with Crippen LogP contribution in [-0.2, 0) is 0 Å².